The van der Waals surface area contributed by atoms with Gasteiger partial charge in [0, 0.05) is 34.2 Å². The fourth-order valence-corrected chi connectivity index (χ4v) is 4.43. The molecule has 3 aromatic carbocycles. The fourth-order valence-electron chi connectivity index (χ4n) is 4.14. The zero-order chi connectivity index (χ0) is 29.0. The Morgan fingerprint density at radius 2 is 1.85 bits per heavy atom. The number of carbonyl (C=O) groups excluding carboxylic acids is 2. The predicted molar refractivity (Wildman–Crippen MR) is 137 cm³/mol. The SMILES string of the molecule is COC(=O)[C@H](Cc1ccc(-c2ccc(C#N)cc2Cl)c2ncccc12)NC(=O)c1c(F)ccc(OC(F)F)c1F. The molecule has 0 fully saturated rings. The lowest BCUT2D eigenvalue weighted by Gasteiger charge is -2.19. The van der Waals surface area contributed by atoms with Crippen molar-refractivity contribution in [1.82, 2.24) is 10.3 Å². The third-order valence-electron chi connectivity index (χ3n) is 5.96. The summed E-state index contributed by atoms with van der Waals surface area (Å²) < 4.78 is 63.0. The summed E-state index contributed by atoms with van der Waals surface area (Å²) in [5.74, 6) is -6.34. The molecule has 7 nitrogen and oxygen atoms in total. The Kier molecular flexibility index (Phi) is 8.50. The van der Waals surface area contributed by atoms with Gasteiger partial charge in [-0.1, -0.05) is 35.9 Å². The summed E-state index contributed by atoms with van der Waals surface area (Å²) in [6.45, 7) is -3.41. The normalized spacial score (nSPS) is 11.7. The van der Waals surface area contributed by atoms with Crippen molar-refractivity contribution in [2.24, 2.45) is 0 Å². The van der Waals surface area contributed by atoms with Crippen LogP contribution in [0.4, 0.5) is 17.6 Å². The van der Waals surface area contributed by atoms with Gasteiger partial charge < -0.3 is 14.8 Å². The van der Waals surface area contributed by atoms with Crippen molar-refractivity contribution < 1.29 is 36.6 Å². The van der Waals surface area contributed by atoms with Crippen molar-refractivity contribution in [2.75, 3.05) is 7.11 Å². The summed E-state index contributed by atoms with van der Waals surface area (Å²) in [6, 6.07) is 13.3. The number of benzene rings is 3. The second-order valence-corrected chi connectivity index (χ2v) is 8.75. The number of methoxy groups -OCH3 is 1. The van der Waals surface area contributed by atoms with E-state index in [1.165, 1.54) is 6.07 Å². The van der Waals surface area contributed by atoms with E-state index in [1.807, 2.05) is 6.07 Å². The van der Waals surface area contributed by atoms with Crippen LogP contribution in [0.1, 0.15) is 21.5 Å². The van der Waals surface area contributed by atoms with Crippen molar-refractivity contribution in [3.63, 3.8) is 0 Å². The van der Waals surface area contributed by atoms with Gasteiger partial charge in [0.25, 0.3) is 5.91 Å². The van der Waals surface area contributed by atoms with E-state index in [1.54, 1.807) is 42.6 Å². The molecule has 40 heavy (non-hydrogen) atoms. The number of nitrogens with zero attached hydrogens (tertiary/aromatic N) is 2. The number of fused-ring (bicyclic) bond motifs is 1. The number of pyridine rings is 1. The van der Waals surface area contributed by atoms with E-state index in [2.05, 4.69) is 15.0 Å². The lowest BCUT2D eigenvalue weighted by Crippen LogP contribution is -2.43. The number of nitrogens with one attached hydrogen (secondary N) is 1. The topological polar surface area (TPSA) is 101 Å². The highest BCUT2D eigenvalue weighted by Crippen LogP contribution is 2.35. The molecule has 12 heteroatoms. The molecule has 1 atom stereocenters. The van der Waals surface area contributed by atoms with Crippen LogP contribution in [0.3, 0.4) is 0 Å². The number of halogens is 5. The lowest BCUT2D eigenvalue weighted by atomic mass is 9.94. The van der Waals surface area contributed by atoms with Gasteiger partial charge in [0.15, 0.2) is 11.6 Å². The van der Waals surface area contributed by atoms with E-state index in [4.69, 9.17) is 21.6 Å². The molecule has 1 heterocycles. The Morgan fingerprint density at radius 1 is 1.10 bits per heavy atom. The Bertz CT molecular complexity index is 1660. The summed E-state index contributed by atoms with van der Waals surface area (Å²) in [7, 11) is 1.06. The minimum atomic E-state index is -3.41. The van der Waals surface area contributed by atoms with E-state index >= 15 is 0 Å². The molecule has 0 aliphatic rings. The quantitative estimate of drug-likeness (QED) is 0.211. The van der Waals surface area contributed by atoms with E-state index in [9.17, 15) is 27.2 Å². The third kappa shape index (κ3) is 5.82. The van der Waals surface area contributed by atoms with E-state index in [0.29, 0.717) is 50.3 Å². The Balaban J connectivity index is 1.70. The predicted octanol–water partition coefficient (Wildman–Crippen LogP) is 5.82. The molecular weight excluding hydrogens is 554 g/mol. The number of carbonyl (C=O) groups is 2. The number of ether oxygens (including phenoxy) is 2. The molecule has 204 valence electrons. The number of alkyl halides is 2. The standard InChI is InChI=1S/C28H18ClF4N3O4/c1-39-27(38)21(36-26(37)23-20(30)8-9-22(24(23)31)40-28(32)33)12-15-5-7-18(25-16(15)3-2-10-35-25)17-6-4-14(13-34)11-19(17)29/h2-11,21,28H,12H2,1H3,(H,36,37)/t21-/m0/s1. The highest BCUT2D eigenvalue weighted by molar-refractivity contribution is 6.33. The second-order valence-electron chi connectivity index (χ2n) is 8.34. The first-order valence-electron chi connectivity index (χ1n) is 11.5. The highest BCUT2D eigenvalue weighted by Gasteiger charge is 2.29. The van der Waals surface area contributed by atoms with Gasteiger partial charge in [0.2, 0.25) is 0 Å². The van der Waals surface area contributed by atoms with Gasteiger partial charge in [0.05, 0.1) is 24.3 Å². The van der Waals surface area contributed by atoms with Crippen LogP contribution in [0, 0.1) is 23.0 Å². The molecule has 4 rings (SSSR count). The van der Waals surface area contributed by atoms with E-state index in [0.717, 1.165) is 7.11 Å². The molecule has 0 unspecified atom stereocenters. The molecule has 0 bridgehead atoms. The number of hydrogen-bond acceptors (Lipinski definition) is 6. The van der Waals surface area contributed by atoms with E-state index in [-0.39, 0.29) is 6.42 Å². The lowest BCUT2D eigenvalue weighted by molar-refractivity contribution is -0.142. The van der Waals surface area contributed by atoms with E-state index < -0.39 is 47.5 Å². The monoisotopic (exact) mass is 571 g/mol. The number of aromatic nitrogens is 1. The van der Waals surface area contributed by atoms with Crippen molar-refractivity contribution in [1.29, 1.82) is 5.26 Å². The smallest absolute Gasteiger partial charge is 0.387 e. The van der Waals surface area contributed by atoms with Gasteiger partial charge in [-0.15, -0.1) is 0 Å². The second kappa shape index (κ2) is 12.0. The fraction of sp³-hybridized carbons (Fsp3) is 0.143. The number of rotatable bonds is 8. The van der Waals surface area contributed by atoms with Crippen molar-refractivity contribution >= 4 is 34.4 Å². The Morgan fingerprint density at radius 3 is 2.52 bits per heavy atom. The summed E-state index contributed by atoms with van der Waals surface area (Å²) in [5.41, 5.74) is 1.42. The molecule has 1 N–H and O–H groups in total. The molecule has 0 saturated heterocycles. The first-order chi connectivity index (χ1) is 19.1. The third-order valence-corrected chi connectivity index (χ3v) is 6.27. The Hall–Kier alpha value is -4.69. The average molecular weight is 572 g/mol. The van der Waals surface area contributed by atoms with Crippen molar-refractivity contribution in [3.8, 4) is 22.9 Å². The summed E-state index contributed by atoms with van der Waals surface area (Å²) in [6.07, 6.45) is 1.37. The maximum Gasteiger partial charge on any atom is 0.387 e. The molecule has 0 radical (unpaired) electrons. The molecule has 0 saturated carbocycles. The van der Waals surface area contributed by atoms with Crippen LogP contribution in [-0.2, 0) is 16.0 Å². The van der Waals surface area contributed by atoms with Crippen LogP contribution >= 0.6 is 11.6 Å². The van der Waals surface area contributed by atoms with Crippen LogP contribution in [0.5, 0.6) is 5.75 Å². The summed E-state index contributed by atoms with van der Waals surface area (Å²) in [5, 5.41) is 12.2. The largest absolute Gasteiger partial charge is 0.467 e. The molecule has 0 spiro atoms. The van der Waals surface area contributed by atoms with Crippen LogP contribution in [0.2, 0.25) is 5.02 Å². The zero-order valence-corrected chi connectivity index (χ0v) is 21.3. The molecule has 1 aromatic heterocycles. The van der Waals surface area contributed by atoms with Gasteiger partial charge in [-0.05, 0) is 35.9 Å². The van der Waals surface area contributed by atoms with Crippen molar-refractivity contribution in [2.45, 2.75) is 19.1 Å². The summed E-state index contributed by atoms with van der Waals surface area (Å²) >= 11 is 6.41. The first kappa shape index (κ1) is 28.3. The van der Waals surface area contributed by atoms with Crippen molar-refractivity contribution in [3.05, 3.63) is 94.1 Å². The Labute approximate surface area is 229 Å². The van der Waals surface area contributed by atoms with Gasteiger partial charge in [-0.2, -0.15) is 14.0 Å². The van der Waals surface area contributed by atoms with Gasteiger partial charge in [-0.25, -0.2) is 13.6 Å². The zero-order valence-electron chi connectivity index (χ0n) is 20.6. The maximum atomic E-state index is 14.7. The highest BCUT2D eigenvalue weighted by atomic mass is 35.5. The molecule has 4 aromatic rings. The van der Waals surface area contributed by atoms with Crippen LogP contribution in [0.25, 0.3) is 22.0 Å². The first-order valence-corrected chi connectivity index (χ1v) is 11.9. The molecular formula is C28H18ClF4N3O4. The number of esters is 1. The molecule has 0 aliphatic heterocycles. The average Bonchev–Trinajstić information content (AvgIpc) is 2.94. The molecule has 0 aliphatic carbocycles. The molecule has 1 amide bonds. The number of nitriles is 1. The van der Waals surface area contributed by atoms with Gasteiger partial charge >= 0.3 is 12.6 Å². The summed E-state index contributed by atoms with van der Waals surface area (Å²) in [4.78, 5) is 29.9. The van der Waals surface area contributed by atoms with Crippen LogP contribution < -0.4 is 10.1 Å². The van der Waals surface area contributed by atoms with Gasteiger partial charge in [0.1, 0.15) is 17.4 Å². The van der Waals surface area contributed by atoms with Gasteiger partial charge in [-0.3, -0.25) is 9.78 Å². The van der Waals surface area contributed by atoms with Crippen LogP contribution in [0.15, 0.2) is 60.8 Å². The minimum absolute atomic E-state index is 0.182. The number of amides is 1. The van der Waals surface area contributed by atoms with Crippen LogP contribution in [-0.4, -0.2) is 36.6 Å². The maximum absolute atomic E-state index is 14.7. The minimum Gasteiger partial charge on any atom is -0.467 e. The number of hydrogen-bond donors (Lipinski definition) is 1.